The maximum absolute atomic E-state index is 13.2. The van der Waals surface area contributed by atoms with Crippen LogP contribution >= 0.6 is 0 Å². The summed E-state index contributed by atoms with van der Waals surface area (Å²) in [7, 11) is 0. The summed E-state index contributed by atoms with van der Waals surface area (Å²) < 4.78 is 56.9. The fourth-order valence-corrected chi connectivity index (χ4v) is 3.76. The van der Waals surface area contributed by atoms with Gasteiger partial charge in [-0.1, -0.05) is 24.3 Å². The summed E-state index contributed by atoms with van der Waals surface area (Å²) in [6.07, 6.45) is -5.33. The highest BCUT2D eigenvalue weighted by Gasteiger charge is 2.31. The minimum Gasteiger partial charge on any atom is -0.491 e. The number of aliphatic carboxylic acids is 1. The normalized spacial score (nSPS) is 12.3. The molecule has 3 aromatic carbocycles. The number of halogens is 3. The molecular weight excluding hydrogens is 515 g/mol. The lowest BCUT2D eigenvalue weighted by molar-refractivity contribution is -0.139. The Balaban J connectivity index is 1.67. The molecule has 39 heavy (non-hydrogen) atoms. The van der Waals surface area contributed by atoms with E-state index in [0.29, 0.717) is 28.4 Å². The summed E-state index contributed by atoms with van der Waals surface area (Å²) in [6, 6.07) is 16.8. The van der Waals surface area contributed by atoms with E-state index in [9.17, 15) is 18.0 Å². The molecule has 0 saturated heterocycles. The molecule has 0 radical (unpaired) electrons. The van der Waals surface area contributed by atoms with E-state index in [-0.39, 0.29) is 23.3 Å². The first kappa shape index (κ1) is 27.5. The zero-order valence-corrected chi connectivity index (χ0v) is 21.3. The number of benzene rings is 3. The zero-order chi connectivity index (χ0) is 28.2. The molecule has 0 saturated carbocycles. The van der Waals surface area contributed by atoms with Gasteiger partial charge in [0.25, 0.3) is 0 Å². The van der Waals surface area contributed by atoms with Gasteiger partial charge in [-0.2, -0.15) is 18.3 Å². The first-order chi connectivity index (χ1) is 18.5. The second-order valence-corrected chi connectivity index (χ2v) is 8.97. The zero-order valence-electron chi connectivity index (χ0n) is 21.3. The van der Waals surface area contributed by atoms with E-state index in [2.05, 4.69) is 15.2 Å². The van der Waals surface area contributed by atoms with Gasteiger partial charge < -0.3 is 19.3 Å². The molecule has 0 aliphatic carbocycles. The third kappa shape index (κ3) is 7.07. The molecule has 4 aromatic rings. The van der Waals surface area contributed by atoms with E-state index in [4.69, 9.17) is 19.3 Å². The van der Waals surface area contributed by atoms with Gasteiger partial charge in [-0.05, 0) is 68.8 Å². The first-order valence-corrected chi connectivity index (χ1v) is 12.0. The van der Waals surface area contributed by atoms with Crippen molar-refractivity contribution < 1.29 is 37.3 Å². The fourth-order valence-electron chi connectivity index (χ4n) is 3.76. The summed E-state index contributed by atoms with van der Waals surface area (Å²) in [4.78, 5) is 15.3. The molecule has 1 atom stereocenters. The lowest BCUT2D eigenvalue weighted by Gasteiger charge is -2.19. The van der Waals surface area contributed by atoms with Crippen LogP contribution in [0.1, 0.15) is 42.5 Å². The highest BCUT2D eigenvalue weighted by Crippen LogP contribution is 2.34. The number of carbonyl (C=O) groups is 1. The molecule has 0 aliphatic heterocycles. The third-order valence-electron chi connectivity index (χ3n) is 5.51. The number of aromatic nitrogens is 3. The van der Waals surface area contributed by atoms with Crippen molar-refractivity contribution in [1.29, 1.82) is 0 Å². The average Bonchev–Trinajstić information content (AvgIpc) is 3.37. The standard InChI is InChI=1S/C28H26F3N3O5/c1-16(2)38-21-9-7-18(8-10-21)25(39-22-11-12-23(17(3)13-22)37-15-24(35)36)27-32-26(33-34-27)19-5-4-6-20(14-19)28(29,30)31/h4-14,16,25H,15H2,1-3H3,(H,35,36)(H,32,33,34). The lowest BCUT2D eigenvalue weighted by atomic mass is 10.1. The maximum atomic E-state index is 13.2. The Morgan fingerprint density at radius 2 is 1.72 bits per heavy atom. The predicted molar refractivity (Wildman–Crippen MR) is 136 cm³/mol. The quantitative estimate of drug-likeness (QED) is 0.246. The fraction of sp³-hybridized carbons (Fsp3) is 0.250. The number of aryl methyl sites for hydroxylation is 1. The number of carboxylic acid groups (broad SMARTS) is 1. The topological polar surface area (TPSA) is 107 Å². The number of nitrogens with zero attached hydrogens (tertiary/aromatic N) is 2. The van der Waals surface area contributed by atoms with Crippen LogP contribution < -0.4 is 14.2 Å². The smallest absolute Gasteiger partial charge is 0.416 e. The summed E-state index contributed by atoms with van der Waals surface area (Å²) in [6.45, 7) is 5.09. The molecule has 2 N–H and O–H groups in total. The first-order valence-electron chi connectivity index (χ1n) is 12.0. The molecule has 1 heterocycles. The Hall–Kier alpha value is -4.54. The number of hydrogen-bond acceptors (Lipinski definition) is 6. The van der Waals surface area contributed by atoms with Gasteiger partial charge in [-0.3, -0.25) is 5.10 Å². The molecule has 0 fully saturated rings. The van der Waals surface area contributed by atoms with Gasteiger partial charge in [-0.25, -0.2) is 9.78 Å². The van der Waals surface area contributed by atoms with Gasteiger partial charge in [-0.15, -0.1) is 0 Å². The Morgan fingerprint density at radius 1 is 1.00 bits per heavy atom. The van der Waals surface area contributed by atoms with Crippen LogP contribution in [0.15, 0.2) is 66.7 Å². The van der Waals surface area contributed by atoms with Crippen molar-refractivity contribution in [1.82, 2.24) is 15.2 Å². The number of rotatable bonds is 10. The van der Waals surface area contributed by atoms with Crippen molar-refractivity contribution in [2.24, 2.45) is 0 Å². The van der Waals surface area contributed by atoms with Crippen LogP contribution in [0.2, 0.25) is 0 Å². The van der Waals surface area contributed by atoms with Gasteiger partial charge in [0.15, 0.2) is 24.4 Å². The molecule has 204 valence electrons. The number of nitrogens with one attached hydrogen (secondary N) is 1. The molecule has 1 aromatic heterocycles. The van der Waals surface area contributed by atoms with Crippen LogP contribution in [-0.4, -0.2) is 39.0 Å². The molecule has 1 unspecified atom stereocenters. The number of ether oxygens (including phenoxy) is 3. The molecule has 0 spiro atoms. The SMILES string of the molecule is Cc1cc(OC(c2ccc(OC(C)C)cc2)c2nc(-c3cccc(C(F)(F)F)c3)n[nH]2)ccc1OCC(=O)O. The third-order valence-corrected chi connectivity index (χ3v) is 5.51. The van der Waals surface area contributed by atoms with E-state index in [0.717, 1.165) is 12.1 Å². The second kappa shape index (κ2) is 11.5. The minimum atomic E-state index is -4.50. The Labute approximate surface area is 222 Å². The van der Waals surface area contributed by atoms with Crippen molar-refractivity contribution in [3.63, 3.8) is 0 Å². The number of aromatic amines is 1. The number of alkyl halides is 3. The molecule has 4 rings (SSSR count). The van der Waals surface area contributed by atoms with Crippen LogP contribution in [0.25, 0.3) is 11.4 Å². The van der Waals surface area contributed by atoms with Gasteiger partial charge in [0.05, 0.1) is 11.7 Å². The van der Waals surface area contributed by atoms with E-state index in [1.165, 1.54) is 12.1 Å². The summed E-state index contributed by atoms with van der Waals surface area (Å²) in [5.41, 5.74) is 0.722. The van der Waals surface area contributed by atoms with Gasteiger partial charge in [0.1, 0.15) is 17.2 Å². The van der Waals surface area contributed by atoms with Crippen molar-refractivity contribution in [3.8, 4) is 28.6 Å². The predicted octanol–water partition coefficient (Wildman–Crippen LogP) is 6.22. The number of hydrogen-bond donors (Lipinski definition) is 2. The lowest BCUT2D eigenvalue weighted by Crippen LogP contribution is -2.13. The second-order valence-electron chi connectivity index (χ2n) is 8.97. The van der Waals surface area contributed by atoms with Gasteiger partial charge in [0, 0.05) is 11.1 Å². The highest BCUT2D eigenvalue weighted by atomic mass is 19.4. The Morgan fingerprint density at radius 3 is 2.36 bits per heavy atom. The Kier molecular flexibility index (Phi) is 8.08. The van der Waals surface area contributed by atoms with Gasteiger partial charge in [0.2, 0.25) is 0 Å². The van der Waals surface area contributed by atoms with Crippen LogP contribution in [0.3, 0.4) is 0 Å². The number of H-pyrrole nitrogens is 1. The van der Waals surface area contributed by atoms with Crippen molar-refractivity contribution in [2.45, 2.75) is 39.2 Å². The summed E-state index contributed by atoms with van der Waals surface area (Å²) >= 11 is 0. The van der Waals surface area contributed by atoms with Crippen LogP contribution in [0, 0.1) is 6.92 Å². The van der Waals surface area contributed by atoms with E-state index in [1.54, 1.807) is 49.4 Å². The molecule has 0 aliphatic rings. The minimum absolute atomic E-state index is 0.0166. The highest BCUT2D eigenvalue weighted by molar-refractivity contribution is 5.68. The van der Waals surface area contributed by atoms with Crippen molar-refractivity contribution >= 4 is 5.97 Å². The van der Waals surface area contributed by atoms with Crippen LogP contribution in [0.5, 0.6) is 17.2 Å². The monoisotopic (exact) mass is 541 g/mol. The summed E-state index contributed by atoms with van der Waals surface area (Å²) in [5, 5.41) is 15.8. The Bertz CT molecular complexity index is 1440. The van der Waals surface area contributed by atoms with Gasteiger partial charge >= 0.3 is 12.1 Å². The molecule has 0 amide bonds. The molecule has 0 bridgehead atoms. The maximum Gasteiger partial charge on any atom is 0.416 e. The molecule has 8 nitrogen and oxygen atoms in total. The largest absolute Gasteiger partial charge is 0.491 e. The van der Waals surface area contributed by atoms with Crippen LogP contribution in [-0.2, 0) is 11.0 Å². The van der Waals surface area contributed by atoms with E-state index in [1.807, 2.05) is 13.8 Å². The van der Waals surface area contributed by atoms with E-state index >= 15 is 0 Å². The molecular formula is C28H26F3N3O5. The number of carboxylic acids is 1. The van der Waals surface area contributed by atoms with Crippen molar-refractivity contribution in [2.75, 3.05) is 6.61 Å². The van der Waals surface area contributed by atoms with E-state index < -0.39 is 30.4 Å². The van der Waals surface area contributed by atoms with Crippen LogP contribution in [0.4, 0.5) is 13.2 Å². The summed E-state index contributed by atoms with van der Waals surface area (Å²) in [5.74, 6) is 0.733. The van der Waals surface area contributed by atoms with Crippen molar-refractivity contribution in [3.05, 3.63) is 89.2 Å². The average molecular weight is 542 g/mol. The molecule has 11 heteroatoms.